The zero-order valence-corrected chi connectivity index (χ0v) is 14.4. The van der Waals surface area contributed by atoms with Crippen LogP contribution in [0.25, 0.3) is 11.1 Å². The van der Waals surface area contributed by atoms with E-state index in [9.17, 15) is 8.78 Å². The molecule has 2 heterocycles. The molecule has 3 nitrogen and oxygen atoms in total. The average Bonchev–Trinajstić information content (AvgIpc) is 3.02. The molecule has 3 rings (SSSR count). The lowest BCUT2D eigenvalue weighted by molar-refractivity contribution is 0.196. The van der Waals surface area contributed by atoms with Crippen molar-refractivity contribution >= 4 is 0 Å². The van der Waals surface area contributed by atoms with Crippen LogP contribution in [0, 0.1) is 17.6 Å². The predicted molar refractivity (Wildman–Crippen MR) is 91.8 cm³/mol. The molecule has 5 heteroatoms. The number of nitrogens with one attached hydrogen (secondary N) is 1. The minimum atomic E-state index is -0.537. The zero-order valence-electron chi connectivity index (χ0n) is 14.4. The summed E-state index contributed by atoms with van der Waals surface area (Å²) in [6.45, 7) is 7.55. The van der Waals surface area contributed by atoms with Crippen molar-refractivity contribution in [2.45, 2.75) is 39.0 Å². The quantitative estimate of drug-likeness (QED) is 0.868. The Kier molecular flexibility index (Phi) is 5.29. The van der Waals surface area contributed by atoms with Gasteiger partial charge in [-0.3, -0.25) is 5.10 Å². The van der Waals surface area contributed by atoms with E-state index in [2.05, 4.69) is 28.9 Å². The molecular formula is C19H25F2N3. The van der Waals surface area contributed by atoms with Gasteiger partial charge in [-0.1, -0.05) is 19.9 Å². The van der Waals surface area contributed by atoms with E-state index >= 15 is 0 Å². The highest BCUT2D eigenvalue weighted by Crippen LogP contribution is 2.35. The van der Waals surface area contributed by atoms with Gasteiger partial charge in [0.15, 0.2) is 0 Å². The fraction of sp³-hybridized carbons (Fsp3) is 0.526. The first-order valence-electron chi connectivity index (χ1n) is 8.76. The van der Waals surface area contributed by atoms with E-state index in [-0.39, 0.29) is 11.5 Å². The lowest BCUT2D eigenvalue weighted by atomic mass is 9.90. The molecule has 0 spiro atoms. The molecule has 0 bridgehead atoms. The van der Waals surface area contributed by atoms with E-state index in [1.807, 2.05) is 0 Å². The van der Waals surface area contributed by atoms with Crippen molar-refractivity contribution in [3.05, 3.63) is 41.7 Å². The number of hydrogen-bond acceptors (Lipinski definition) is 2. The monoisotopic (exact) mass is 333 g/mol. The maximum absolute atomic E-state index is 14.2. The Balaban J connectivity index is 1.82. The van der Waals surface area contributed by atoms with Gasteiger partial charge in [0.1, 0.15) is 11.6 Å². The van der Waals surface area contributed by atoms with Gasteiger partial charge in [0, 0.05) is 23.7 Å². The smallest absolute Gasteiger partial charge is 0.134 e. The van der Waals surface area contributed by atoms with Gasteiger partial charge in [-0.05, 0) is 50.4 Å². The Morgan fingerprint density at radius 2 is 2.04 bits per heavy atom. The number of rotatable bonds is 5. The van der Waals surface area contributed by atoms with Gasteiger partial charge in [-0.2, -0.15) is 5.10 Å². The van der Waals surface area contributed by atoms with E-state index in [1.54, 1.807) is 6.20 Å². The van der Waals surface area contributed by atoms with E-state index in [0.29, 0.717) is 11.5 Å². The highest BCUT2D eigenvalue weighted by atomic mass is 19.1. The molecule has 1 aliphatic heterocycles. The van der Waals surface area contributed by atoms with Crippen LogP contribution < -0.4 is 0 Å². The molecule has 130 valence electrons. The number of likely N-dealkylation sites (tertiary alicyclic amines) is 1. The number of halogens is 2. The lowest BCUT2D eigenvalue weighted by Gasteiger charge is -2.33. The second-order valence-electron chi connectivity index (χ2n) is 7.12. The van der Waals surface area contributed by atoms with Gasteiger partial charge >= 0.3 is 0 Å². The Bertz CT molecular complexity index is 661. The topological polar surface area (TPSA) is 31.9 Å². The summed E-state index contributed by atoms with van der Waals surface area (Å²) in [7, 11) is 0. The van der Waals surface area contributed by atoms with Gasteiger partial charge in [-0.25, -0.2) is 8.78 Å². The Morgan fingerprint density at radius 1 is 1.29 bits per heavy atom. The molecule has 2 aromatic rings. The summed E-state index contributed by atoms with van der Waals surface area (Å²) in [6, 6.07) is 3.98. The van der Waals surface area contributed by atoms with Crippen molar-refractivity contribution in [2.24, 2.45) is 5.92 Å². The third-order valence-corrected chi connectivity index (χ3v) is 4.84. The van der Waals surface area contributed by atoms with E-state index in [0.717, 1.165) is 38.2 Å². The molecule has 1 saturated heterocycles. The maximum atomic E-state index is 14.2. The van der Waals surface area contributed by atoms with Gasteiger partial charge < -0.3 is 4.90 Å². The summed E-state index contributed by atoms with van der Waals surface area (Å²) in [5.74, 6) is -0.154. The van der Waals surface area contributed by atoms with Gasteiger partial charge in [0.25, 0.3) is 0 Å². The minimum Gasteiger partial charge on any atom is -0.303 e. The van der Waals surface area contributed by atoms with Crippen molar-refractivity contribution in [3.8, 4) is 11.1 Å². The van der Waals surface area contributed by atoms with Crippen molar-refractivity contribution in [2.75, 3.05) is 19.6 Å². The van der Waals surface area contributed by atoms with Crippen molar-refractivity contribution < 1.29 is 8.78 Å². The SMILES string of the molecule is CC(C)CCN1CCC[C@H](c2[nH]ncc2-c2c(F)cccc2F)C1. The minimum absolute atomic E-state index is 0.0283. The van der Waals surface area contributed by atoms with E-state index < -0.39 is 11.6 Å². The Hall–Kier alpha value is -1.75. The summed E-state index contributed by atoms with van der Waals surface area (Å²) in [4.78, 5) is 2.45. The van der Waals surface area contributed by atoms with Crippen LogP contribution in [-0.4, -0.2) is 34.7 Å². The summed E-state index contributed by atoms with van der Waals surface area (Å²) >= 11 is 0. The second-order valence-corrected chi connectivity index (χ2v) is 7.12. The molecule has 1 aromatic carbocycles. The highest BCUT2D eigenvalue weighted by molar-refractivity contribution is 5.67. The fourth-order valence-corrected chi connectivity index (χ4v) is 3.50. The van der Waals surface area contributed by atoms with Crippen LogP contribution in [0.5, 0.6) is 0 Å². The van der Waals surface area contributed by atoms with Crippen LogP contribution in [0.3, 0.4) is 0 Å². The van der Waals surface area contributed by atoms with Crippen LogP contribution in [0.2, 0.25) is 0 Å². The van der Waals surface area contributed by atoms with Crippen LogP contribution >= 0.6 is 0 Å². The molecular weight excluding hydrogens is 308 g/mol. The zero-order chi connectivity index (χ0) is 17.1. The highest BCUT2D eigenvalue weighted by Gasteiger charge is 2.26. The summed E-state index contributed by atoms with van der Waals surface area (Å²) in [5.41, 5.74) is 1.44. The largest absolute Gasteiger partial charge is 0.303 e. The molecule has 1 fully saturated rings. The number of H-pyrrole nitrogens is 1. The normalized spacial score (nSPS) is 19.1. The fourth-order valence-electron chi connectivity index (χ4n) is 3.50. The van der Waals surface area contributed by atoms with Crippen LogP contribution in [-0.2, 0) is 0 Å². The van der Waals surface area contributed by atoms with Crippen molar-refractivity contribution in [1.29, 1.82) is 0 Å². The summed E-state index contributed by atoms with van der Waals surface area (Å²) in [5, 5.41) is 7.08. The Labute approximate surface area is 142 Å². The number of hydrogen-bond donors (Lipinski definition) is 1. The van der Waals surface area contributed by atoms with E-state index in [4.69, 9.17) is 0 Å². The number of piperidine rings is 1. The second kappa shape index (κ2) is 7.43. The van der Waals surface area contributed by atoms with Gasteiger partial charge in [-0.15, -0.1) is 0 Å². The molecule has 0 radical (unpaired) electrons. The molecule has 0 amide bonds. The molecule has 1 N–H and O–H groups in total. The number of nitrogens with zero attached hydrogens (tertiary/aromatic N) is 2. The maximum Gasteiger partial charge on any atom is 0.134 e. The van der Waals surface area contributed by atoms with E-state index in [1.165, 1.54) is 24.6 Å². The summed E-state index contributed by atoms with van der Waals surface area (Å²) < 4.78 is 28.3. The molecule has 0 saturated carbocycles. The predicted octanol–water partition coefficient (Wildman–Crippen LogP) is 4.58. The molecule has 0 unspecified atom stereocenters. The number of aromatic amines is 1. The van der Waals surface area contributed by atoms with Crippen molar-refractivity contribution in [3.63, 3.8) is 0 Å². The number of aromatic nitrogens is 2. The average molecular weight is 333 g/mol. The molecule has 1 aromatic heterocycles. The van der Waals surface area contributed by atoms with Crippen LogP contribution in [0.15, 0.2) is 24.4 Å². The summed E-state index contributed by atoms with van der Waals surface area (Å²) in [6.07, 6.45) is 4.83. The molecule has 1 atom stereocenters. The Morgan fingerprint density at radius 3 is 2.75 bits per heavy atom. The van der Waals surface area contributed by atoms with Gasteiger partial charge in [0.05, 0.1) is 11.8 Å². The number of benzene rings is 1. The van der Waals surface area contributed by atoms with Crippen LogP contribution in [0.1, 0.15) is 44.7 Å². The molecule has 0 aliphatic carbocycles. The first-order chi connectivity index (χ1) is 11.6. The molecule has 1 aliphatic rings. The third kappa shape index (κ3) is 3.66. The third-order valence-electron chi connectivity index (χ3n) is 4.84. The molecule has 24 heavy (non-hydrogen) atoms. The van der Waals surface area contributed by atoms with Gasteiger partial charge in [0.2, 0.25) is 0 Å². The lowest BCUT2D eigenvalue weighted by Crippen LogP contribution is -2.35. The van der Waals surface area contributed by atoms with Crippen molar-refractivity contribution in [1.82, 2.24) is 15.1 Å². The standard InChI is InChI=1S/C19H25F2N3/c1-13(2)8-10-24-9-4-5-14(12-24)19-15(11-22-23-19)18-16(20)6-3-7-17(18)21/h3,6-7,11,13-14H,4-5,8-10,12H2,1-2H3,(H,22,23)/t14-/m0/s1. The first kappa shape index (κ1) is 17.1. The first-order valence-corrected chi connectivity index (χ1v) is 8.76. The van der Waals surface area contributed by atoms with Crippen LogP contribution in [0.4, 0.5) is 8.78 Å².